The van der Waals surface area contributed by atoms with E-state index in [0.717, 1.165) is 0 Å². The fourth-order valence-corrected chi connectivity index (χ4v) is 3.58. The number of aliphatic hydroxyl groups excluding tert-OH is 1. The molecule has 1 aromatic heterocycles. The predicted molar refractivity (Wildman–Crippen MR) is 102 cm³/mol. The second-order valence-electron chi connectivity index (χ2n) is 6.71. The molecule has 1 aromatic carbocycles. The summed E-state index contributed by atoms with van der Waals surface area (Å²) in [6.45, 7) is 1.58. The van der Waals surface area contributed by atoms with Gasteiger partial charge in [-0.1, -0.05) is 0 Å². The quantitative estimate of drug-likeness (QED) is 0.345. The van der Waals surface area contributed by atoms with Crippen LogP contribution in [0.4, 0.5) is 0 Å². The third-order valence-electron chi connectivity index (χ3n) is 4.92. The van der Waals surface area contributed by atoms with E-state index in [9.17, 15) is 14.7 Å². The van der Waals surface area contributed by atoms with Crippen molar-refractivity contribution in [3.63, 3.8) is 0 Å². The molecule has 1 fully saturated rings. The molecular formula is C21H21NO7. The van der Waals surface area contributed by atoms with E-state index in [4.69, 9.17) is 18.6 Å². The van der Waals surface area contributed by atoms with Crippen LogP contribution in [0.3, 0.4) is 0 Å². The Morgan fingerprint density at radius 1 is 1.21 bits per heavy atom. The summed E-state index contributed by atoms with van der Waals surface area (Å²) in [5, 5.41) is 11.0. The van der Waals surface area contributed by atoms with Crippen LogP contribution >= 0.6 is 0 Å². The van der Waals surface area contributed by atoms with Gasteiger partial charge in [0.25, 0.3) is 11.7 Å². The molecule has 8 nitrogen and oxygen atoms in total. The smallest absolute Gasteiger partial charge is 0.295 e. The first-order valence-electron chi connectivity index (χ1n) is 9.32. The Morgan fingerprint density at radius 2 is 2.00 bits per heavy atom. The molecule has 0 saturated carbocycles. The van der Waals surface area contributed by atoms with Gasteiger partial charge < -0.3 is 28.6 Å². The summed E-state index contributed by atoms with van der Waals surface area (Å²) in [5.74, 6) is -0.269. The average Bonchev–Trinajstić information content (AvgIpc) is 3.35. The minimum atomic E-state index is -0.810. The molecule has 29 heavy (non-hydrogen) atoms. The third-order valence-corrected chi connectivity index (χ3v) is 4.92. The van der Waals surface area contributed by atoms with Crippen LogP contribution in [0.2, 0.25) is 0 Å². The molecule has 0 unspecified atom stereocenters. The largest absolute Gasteiger partial charge is 0.507 e. The lowest BCUT2D eigenvalue weighted by atomic mass is 9.99. The summed E-state index contributed by atoms with van der Waals surface area (Å²) in [6.07, 6.45) is 2.01. The van der Waals surface area contributed by atoms with Gasteiger partial charge in [-0.3, -0.25) is 9.59 Å². The second kappa shape index (κ2) is 8.00. The average molecular weight is 399 g/mol. The zero-order valence-electron chi connectivity index (χ0n) is 15.9. The third kappa shape index (κ3) is 3.47. The lowest BCUT2D eigenvalue weighted by Gasteiger charge is -2.23. The monoisotopic (exact) mass is 399 g/mol. The highest BCUT2D eigenvalue weighted by atomic mass is 16.6. The topological polar surface area (TPSA) is 98.4 Å². The summed E-state index contributed by atoms with van der Waals surface area (Å²) in [5.41, 5.74) is 0.347. The van der Waals surface area contributed by atoms with Crippen LogP contribution < -0.4 is 9.47 Å². The SMILES string of the molecule is COCCCN1C(=O)C(=O)C(=C(O)c2ccc3c(c2)OCCO3)[C@H]1c1ccco1. The molecule has 2 aromatic rings. The van der Waals surface area contributed by atoms with Crippen LogP contribution in [-0.2, 0) is 14.3 Å². The summed E-state index contributed by atoms with van der Waals surface area (Å²) >= 11 is 0. The standard InChI is InChI=1S/C21H21NO7/c1-26-8-3-7-22-18(15-4-2-9-27-15)17(20(24)21(22)25)19(23)13-5-6-14-16(12-13)29-11-10-28-14/h2,4-6,9,12,18,23H,3,7-8,10-11H2,1H3/t18-/m1/s1. The maximum Gasteiger partial charge on any atom is 0.295 e. The fraction of sp³-hybridized carbons (Fsp3) is 0.333. The van der Waals surface area contributed by atoms with E-state index in [1.165, 1.54) is 11.2 Å². The van der Waals surface area contributed by atoms with Crippen LogP contribution in [0.5, 0.6) is 11.5 Å². The van der Waals surface area contributed by atoms with E-state index < -0.39 is 17.7 Å². The van der Waals surface area contributed by atoms with Crippen LogP contribution in [0.15, 0.2) is 46.6 Å². The lowest BCUT2D eigenvalue weighted by Crippen LogP contribution is -2.31. The number of benzene rings is 1. The van der Waals surface area contributed by atoms with E-state index in [2.05, 4.69) is 0 Å². The van der Waals surface area contributed by atoms with Crippen molar-refractivity contribution in [1.82, 2.24) is 4.90 Å². The number of furan rings is 1. The number of carbonyl (C=O) groups excluding carboxylic acids is 2. The van der Waals surface area contributed by atoms with E-state index in [1.807, 2.05) is 0 Å². The Balaban J connectivity index is 1.77. The van der Waals surface area contributed by atoms with Crippen molar-refractivity contribution >= 4 is 17.4 Å². The van der Waals surface area contributed by atoms with Gasteiger partial charge >= 0.3 is 0 Å². The van der Waals surface area contributed by atoms with Gasteiger partial charge in [-0.05, 0) is 36.8 Å². The van der Waals surface area contributed by atoms with Gasteiger partial charge in [-0.15, -0.1) is 0 Å². The van der Waals surface area contributed by atoms with Gasteiger partial charge in [-0.25, -0.2) is 0 Å². The maximum absolute atomic E-state index is 12.8. The van der Waals surface area contributed by atoms with Crippen molar-refractivity contribution < 1.29 is 33.3 Å². The molecule has 1 saturated heterocycles. The number of hydrogen-bond acceptors (Lipinski definition) is 7. The van der Waals surface area contributed by atoms with Gasteiger partial charge in [-0.2, -0.15) is 0 Å². The van der Waals surface area contributed by atoms with Crippen molar-refractivity contribution in [3.05, 3.63) is 53.5 Å². The highest BCUT2D eigenvalue weighted by molar-refractivity contribution is 6.46. The summed E-state index contributed by atoms with van der Waals surface area (Å²) in [4.78, 5) is 26.9. The molecule has 1 amide bonds. The first-order chi connectivity index (χ1) is 14.1. The number of methoxy groups -OCH3 is 1. The van der Waals surface area contributed by atoms with Gasteiger partial charge in [0.15, 0.2) is 11.5 Å². The molecule has 4 rings (SSSR count). The first-order valence-corrected chi connectivity index (χ1v) is 9.32. The predicted octanol–water partition coefficient (Wildman–Crippen LogP) is 2.51. The van der Waals surface area contributed by atoms with Crippen molar-refractivity contribution in [2.75, 3.05) is 33.5 Å². The number of likely N-dealkylation sites (tertiary alicyclic amines) is 1. The van der Waals surface area contributed by atoms with Gasteiger partial charge in [0.1, 0.15) is 30.8 Å². The highest BCUT2D eigenvalue weighted by Gasteiger charge is 2.47. The number of Topliss-reactive ketones (excluding diaryl/α,β-unsaturated/α-hetero) is 1. The number of nitrogens with zero attached hydrogens (tertiary/aromatic N) is 1. The minimum Gasteiger partial charge on any atom is -0.507 e. The Morgan fingerprint density at radius 3 is 2.72 bits per heavy atom. The summed E-state index contributed by atoms with van der Waals surface area (Å²) in [7, 11) is 1.57. The second-order valence-corrected chi connectivity index (χ2v) is 6.71. The van der Waals surface area contributed by atoms with Gasteiger partial charge in [0.2, 0.25) is 0 Å². The van der Waals surface area contributed by atoms with Crippen LogP contribution in [-0.4, -0.2) is 55.2 Å². The van der Waals surface area contributed by atoms with E-state index in [1.54, 1.807) is 37.4 Å². The summed E-state index contributed by atoms with van der Waals surface area (Å²) < 4.78 is 21.6. The minimum absolute atomic E-state index is 0.0148. The molecule has 0 spiro atoms. The molecular weight excluding hydrogens is 378 g/mol. The maximum atomic E-state index is 12.8. The number of carbonyl (C=O) groups is 2. The van der Waals surface area contributed by atoms with Crippen molar-refractivity contribution in [3.8, 4) is 11.5 Å². The molecule has 2 aliphatic heterocycles. The summed E-state index contributed by atoms with van der Waals surface area (Å²) in [6, 6.07) is 7.43. The van der Waals surface area contributed by atoms with Crippen LogP contribution in [0.25, 0.3) is 5.76 Å². The Kier molecular flexibility index (Phi) is 5.26. The lowest BCUT2D eigenvalue weighted by molar-refractivity contribution is -0.140. The van der Waals surface area contributed by atoms with Gasteiger partial charge in [0.05, 0.1) is 11.8 Å². The first kappa shape index (κ1) is 19.1. The normalized spacial score (nSPS) is 20.3. The molecule has 1 atom stereocenters. The number of ether oxygens (including phenoxy) is 3. The number of amides is 1. The molecule has 1 N–H and O–H groups in total. The molecule has 3 heterocycles. The Bertz CT molecular complexity index is 948. The molecule has 0 bridgehead atoms. The highest BCUT2D eigenvalue weighted by Crippen LogP contribution is 2.41. The van der Waals surface area contributed by atoms with Crippen molar-refractivity contribution in [2.45, 2.75) is 12.5 Å². The number of ketones is 1. The number of hydrogen-bond donors (Lipinski definition) is 1. The molecule has 152 valence electrons. The van der Waals surface area contributed by atoms with E-state index in [0.29, 0.717) is 55.6 Å². The van der Waals surface area contributed by atoms with E-state index >= 15 is 0 Å². The van der Waals surface area contributed by atoms with Gasteiger partial charge in [0, 0.05) is 25.8 Å². The number of rotatable bonds is 6. The van der Waals surface area contributed by atoms with Crippen LogP contribution in [0, 0.1) is 0 Å². The zero-order valence-corrected chi connectivity index (χ0v) is 15.9. The molecule has 0 radical (unpaired) electrons. The Hall–Kier alpha value is -3.26. The zero-order chi connectivity index (χ0) is 20.4. The fourth-order valence-electron chi connectivity index (χ4n) is 3.58. The molecule has 0 aliphatic carbocycles. The molecule has 2 aliphatic rings. The number of fused-ring (bicyclic) bond motifs is 1. The van der Waals surface area contributed by atoms with Crippen LogP contribution in [0.1, 0.15) is 23.8 Å². The van der Waals surface area contributed by atoms with Crippen molar-refractivity contribution in [2.24, 2.45) is 0 Å². The molecule has 8 heteroatoms. The van der Waals surface area contributed by atoms with Crippen molar-refractivity contribution in [1.29, 1.82) is 0 Å². The number of aliphatic hydroxyl groups is 1. The Labute approximate surface area is 167 Å². The van der Waals surface area contributed by atoms with E-state index in [-0.39, 0.29) is 11.3 Å².